The quantitative estimate of drug-likeness (QED) is 0.470. The lowest BCUT2D eigenvalue weighted by atomic mass is 10.2. The highest BCUT2D eigenvalue weighted by Crippen LogP contribution is 2.01. The molecule has 0 fully saturated rings. The molecule has 0 aliphatic carbocycles. The van der Waals surface area contributed by atoms with Crippen LogP contribution in [0, 0.1) is 0 Å². The number of unbranched alkanes of at least 4 members (excludes halogenated alkanes) is 3. The van der Waals surface area contributed by atoms with Crippen molar-refractivity contribution in [3.63, 3.8) is 0 Å². The van der Waals surface area contributed by atoms with Crippen molar-refractivity contribution in [2.24, 2.45) is 0 Å². The summed E-state index contributed by atoms with van der Waals surface area (Å²) >= 11 is 0. The van der Waals surface area contributed by atoms with Gasteiger partial charge in [0.25, 0.3) is 0 Å². The summed E-state index contributed by atoms with van der Waals surface area (Å²) in [7, 11) is 0. The molecule has 0 aromatic rings. The van der Waals surface area contributed by atoms with E-state index in [1.54, 1.807) is 6.92 Å². The number of nitrogens with zero attached hydrogens (tertiary/aromatic N) is 1. The van der Waals surface area contributed by atoms with Crippen LogP contribution in [0.1, 0.15) is 46.5 Å². The monoisotopic (exact) mass is 240 g/mol. The Morgan fingerprint density at radius 2 is 1.71 bits per heavy atom. The minimum absolute atomic E-state index is 0.0202. The Kier molecular flexibility index (Phi) is 9.83. The second-order valence-corrected chi connectivity index (χ2v) is 4.48. The standard InChI is InChI=1S/C14H28N2O/c1-5-16(6-2)12-10-8-7-9-11-15-14(17)13(3)4/h3,5-12H2,1-2,4H3,(H,15,17). The zero-order valence-electron chi connectivity index (χ0n) is 11.7. The summed E-state index contributed by atoms with van der Waals surface area (Å²) < 4.78 is 0. The molecular weight excluding hydrogens is 212 g/mol. The van der Waals surface area contributed by atoms with Gasteiger partial charge < -0.3 is 10.2 Å². The van der Waals surface area contributed by atoms with E-state index < -0.39 is 0 Å². The van der Waals surface area contributed by atoms with E-state index in [-0.39, 0.29) is 5.91 Å². The smallest absolute Gasteiger partial charge is 0.246 e. The Morgan fingerprint density at radius 1 is 1.12 bits per heavy atom. The molecule has 0 atom stereocenters. The van der Waals surface area contributed by atoms with Gasteiger partial charge in [0.2, 0.25) is 5.91 Å². The first-order valence-corrected chi connectivity index (χ1v) is 6.77. The van der Waals surface area contributed by atoms with Crippen molar-refractivity contribution in [2.75, 3.05) is 26.2 Å². The summed E-state index contributed by atoms with van der Waals surface area (Å²) in [6, 6.07) is 0. The highest BCUT2D eigenvalue weighted by molar-refractivity contribution is 5.91. The van der Waals surface area contributed by atoms with Gasteiger partial charge in [-0.25, -0.2) is 0 Å². The molecule has 0 unspecified atom stereocenters. The molecule has 0 radical (unpaired) electrons. The topological polar surface area (TPSA) is 32.3 Å². The molecule has 0 saturated carbocycles. The molecule has 0 aliphatic heterocycles. The first-order chi connectivity index (χ1) is 8.11. The molecule has 0 aliphatic rings. The lowest BCUT2D eigenvalue weighted by Gasteiger charge is -2.17. The summed E-state index contributed by atoms with van der Waals surface area (Å²) in [4.78, 5) is 13.6. The number of amides is 1. The first kappa shape index (κ1) is 16.2. The van der Waals surface area contributed by atoms with E-state index in [9.17, 15) is 4.79 Å². The fourth-order valence-electron chi connectivity index (χ4n) is 1.71. The van der Waals surface area contributed by atoms with Crippen LogP contribution in [0.2, 0.25) is 0 Å². The molecule has 0 bridgehead atoms. The van der Waals surface area contributed by atoms with Crippen LogP contribution in [0.25, 0.3) is 0 Å². The van der Waals surface area contributed by atoms with E-state index in [4.69, 9.17) is 0 Å². The second-order valence-electron chi connectivity index (χ2n) is 4.48. The number of carbonyl (C=O) groups is 1. The van der Waals surface area contributed by atoms with Gasteiger partial charge in [-0.3, -0.25) is 4.79 Å². The van der Waals surface area contributed by atoms with Crippen molar-refractivity contribution in [3.05, 3.63) is 12.2 Å². The van der Waals surface area contributed by atoms with Crippen molar-refractivity contribution >= 4 is 5.91 Å². The van der Waals surface area contributed by atoms with Gasteiger partial charge in [0.15, 0.2) is 0 Å². The number of carbonyl (C=O) groups excluding carboxylic acids is 1. The Labute approximate surface area is 106 Å². The highest BCUT2D eigenvalue weighted by Gasteiger charge is 2.00. The largest absolute Gasteiger partial charge is 0.352 e. The maximum Gasteiger partial charge on any atom is 0.246 e. The van der Waals surface area contributed by atoms with Crippen LogP contribution in [-0.2, 0) is 4.79 Å². The van der Waals surface area contributed by atoms with Gasteiger partial charge in [-0.15, -0.1) is 0 Å². The van der Waals surface area contributed by atoms with Gasteiger partial charge in [0.05, 0.1) is 0 Å². The second kappa shape index (κ2) is 10.3. The third-order valence-corrected chi connectivity index (χ3v) is 2.97. The fourth-order valence-corrected chi connectivity index (χ4v) is 1.71. The summed E-state index contributed by atoms with van der Waals surface area (Å²) in [5.41, 5.74) is 0.589. The summed E-state index contributed by atoms with van der Waals surface area (Å²) in [5, 5.41) is 2.86. The van der Waals surface area contributed by atoms with E-state index in [0.29, 0.717) is 5.57 Å². The molecule has 0 spiro atoms. The van der Waals surface area contributed by atoms with Crippen LogP contribution >= 0.6 is 0 Å². The summed E-state index contributed by atoms with van der Waals surface area (Å²) in [6.07, 6.45) is 4.77. The molecule has 3 heteroatoms. The summed E-state index contributed by atoms with van der Waals surface area (Å²) in [6.45, 7) is 14.0. The van der Waals surface area contributed by atoms with Crippen LogP contribution < -0.4 is 5.32 Å². The van der Waals surface area contributed by atoms with E-state index in [0.717, 1.165) is 26.1 Å². The molecule has 0 saturated heterocycles. The maximum absolute atomic E-state index is 11.2. The Balaban J connectivity index is 3.29. The minimum atomic E-state index is -0.0202. The minimum Gasteiger partial charge on any atom is -0.352 e. The molecule has 100 valence electrons. The van der Waals surface area contributed by atoms with Crippen molar-refractivity contribution in [1.29, 1.82) is 0 Å². The van der Waals surface area contributed by atoms with Crippen LogP contribution in [-0.4, -0.2) is 37.0 Å². The van der Waals surface area contributed by atoms with Gasteiger partial charge in [-0.1, -0.05) is 33.3 Å². The predicted octanol–water partition coefficient (Wildman–Crippen LogP) is 2.58. The average Bonchev–Trinajstić information content (AvgIpc) is 2.32. The van der Waals surface area contributed by atoms with E-state index in [1.807, 2.05) is 0 Å². The zero-order chi connectivity index (χ0) is 13.1. The average molecular weight is 240 g/mol. The molecule has 1 N–H and O–H groups in total. The van der Waals surface area contributed by atoms with Crippen LogP contribution in [0.5, 0.6) is 0 Å². The summed E-state index contributed by atoms with van der Waals surface area (Å²) in [5.74, 6) is -0.0202. The third kappa shape index (κ3) is 8.93. The van der Waals surface area contributed by atoms with Crippen LogP contribution in [0.15, 0.2) is 12.2 Å². The Bertz CT molecular complexity index is 222. The fraction of sp³-hybridized carbons (Fsp3) is 0.786. The number of hydrogen-bond acceptors (Lipinski definition) is 2. The first-order valence-electron chi connectivity index (χ1n) is 6.77. The van der Waals surface area contributed by atoms with Gasteiger partial charge in [-0.2, -0.15) is 0 Å². The third-order valence-electron chi connectivity index (χ3n) is 2.97. The number of hydrogen-bond donors (Lipinski definition) is 1. The molecule has 1 amide bonds. The predicted molar refractivity (Wildman–Crippen MR) is 74.1 cm³/mol. The Hall–Kier alpha value is -0.830. The molecule has 0 rings (SSSR count). The van der Waals surface area contributed by atoms with Crippen LogP contribution in [0.3, 0.4) is 0 Å². The van der Waals surface area contributed by atoms with Crippen molar-refractivity contribution in [3.8, 4) is 0 Å². The van der Waals surface area contributed by atoms with Crippen LogP contribution in [0.4, 0.5) is 0 Å². The van der Waals surface area contributed by atoms with Crippen molar-refractivity contribution in [1.82, 2.24) is 10.2 Å². The van der Waals surface area contributed by atoms with Gasteiger partial charge in [0.1, 0.15) is 0 Å². The zero-order valence-corrected chi connectivity index (χ0v) is 11.7. The molecule has 3 nitrogen and oxygen atoms in total. The van der Waals surface area contributed by atoms with Gasteiger partial charge >= 0.3 is 0 Å². The lowest BCUT2D eigenvalue weighted by Crippen LogP contribution is -2.25. The Morgan fingerprint density at radius 3 is 2.24 bits per heavy atom. The molecule has 0 aromatic carbocycles. The van der Waals surface area contributed by atoms with E-state index >= 15 is 0 Å². The highest BCUT2D eigenvalue weighted by atomic mass is 16.1. The van der Waals surface area contributed by atoms with E-state index in [2.05, 4.69) is 30.6 Å². The van der Waals surface area contributed by atoms with Gasteiger partial charge in [0, 0.05) is 12.1 Å². The molecule has 0 heterocycles. The normalized spacial score (nSPS) is 10.6. The van der Waals surface area contributed by atoms with Crippen molar-refractivity contribution in [2.45, 2.75) is 46.5 Å². The lowest BCUT2D eigenvalue weighted by molar-refractivity contribution is -0.117. The van der Waals surface area contributed by atoms with Crippen molar-refractivity contribution < 1.29 is 4.79 Å². The van der Waals surface area contributed by atoms with E-state index in [1.165, 1.54) is 25.8 Å². The maximum atomic E-state index is 11.2. The number of nitrogens with one attached hydrogen (secondary N) is 1. The number of rotatable bonds is 10. The molecule has 17 heavy (non-hydrogen) atoms. The molecular formula is C14H28N2O. The van der Waals surface area contributed by atoms with Gasteiger partial charge in [-0.05, 0) is 39.4 Å². The SMILES string of the molecule is C=C(C)C(=O)NCCCCCCN(CC)CC. The molecule has 0 aromatic heterocycles.